The summed E-state index contributed by atoms with van der Waals surface area (Å²) in [6, 6.07) is 8.45. The molecular formula is C20H18KO9+. The van der Waals surface area contributed by atoms with Gasteiger partial charge in [-0.25, -0.2) is 0 Å². The topological polar surface area (TPSA) is 154 Å². The number of rotatable bonds is 3. The molecule has 0 spiro atoms. The third-order valence-electron chi connectivity index (χ3n) is 5.10. The van der Waals surface area contributed by atoms with E-state index in [0.717, 1.165) is 0 Å². The molecule has 0 aromatic heterocycles. The van der Waals surface area contributed by atoms with Crippen LogP contribution >= 0.6 is 0 Å². The number of hydrogen-bond acceptors (Lipinski definition) is 9. The van der Waals surface area contributed by atoms with E-state index in [1.807, 2.05) is 0 Å². The first-order valence-corrected chi connectivity index (χ1v) is 8.86. The zero-order valence-electron chi connectivity index (χ0n) is 15.9. The Morgan fingerprint density at radius 3 is 2.17 bits per heavy atom. The summed E-state index contributed by atoms with van der Waals surface area (Å²) in [5, 5.41) is 49.4. The van der Waals surface area contributed by atoms with Crippen LogP contribution in [0.4, 0.5) is 0 Å². The van der Waals surface area contributed by atoms with Gasteiger partial charge < -0.3 is 35.0 Å². The molecule has 10 heteroatoms. The number of ether oxygens (including phenoxy) is 2. The van der Waals surface area contributed by atoms with Crippen LogP contribution < -0.4 is 56.1 Å². The van der Waals surface area contributed by atoms with E-state index in [9.17, 15) is 35.1 Å². The third kappa shape index (κ3) is 3.77. The van der Waals surface area contributed by atoms with Crippen molar-refractivity contribution in [2.45, 2.75) is 30.7 Å². The molecule has 2 aliphatic rings. The number of fused-ring (bicyclic) bond motifs is 2. The van der Waals surface area contributed by atoms with Crippen LogP contribution in [-0.2, 0) is 4.74 Å². The molecule has 1 fully saturated rings. The van der Waals surface area contributed by atoms with Crippen LogP contribution in [0.5, 0.6) is 11.5 Å². The smallest absolute Gasteiger partial charge is 0.507 e. The maximum Gasteiger partial charge on any atom is 1.00 e. The average Bonchev–Trinajstić information content (AvgIpc) is 2.72. The van der Waals surface area contributed by atoms with Crippen LogP contribution in [0.2, 0.25) is 0 Å². The van der Waals surface area contributed by atoms with Crippen molar-refractivity contribution in [2.75, 3.05) is 6.61 Å². The molecule has 1 aliphatic carbocycles. The fourth-order valence-corrected chi connectivity index (χ4v) is 3.58. The van der Waals surface area contributed by atoms with Gasteiger partial charge in [-0.3, -0.25) is 9.59 Å². The van der Waals surface area contributed by atoms with Crippen LogP contribution in [-0.4, -0.2) is 74.4 Å². The first-order chi connectivity index (χ1) is 13.8. The Morgan fingerprint density at radius 1 is 0.867 bits per heavy atom. The molecule has 0 amide bonds. The van der Waals surface area contributed by atoms with Crippen LogP contribution in [0.1, 0.15) is 31.8 Å². The zero-order valence-corrected chi connectivity index (χ0v) is 19.1. The number of aliphatic hydroxyl groups excluding tert-OH is 4. The minimum absolute atomic E-state index is 0. The van der Waals surface area contributed by atoms with Gasteiger partial charge in [0.25, 0.3) is 0 Å². The second kappa shape index (κ2) is 9.13. The van der Waals surface area contributed by atoms with E-state index in [2.05, 4.69) is 0 Å². The molecule has 9 nitrogen and oxygen atoms in total. The van der Waals surface area contributed by atoms with Gasteiger partial charge in [0.2, 0.25) is 12.1 Å². The van der Waals surface area contributed by atoms with Crippen molar-refractivity contribution in [1.29, 1.82) is 0 Å². The van der Waals surface area contributed by atoms with Gasteiger partial charge in [0.05, 0.1) is 17.7 Å². The predicted molar refractivity (Wildman–Crippen MR) is 95.8 cm³/mol. The van der Waals surface area contributed by atoms with Crippen molar-refractivity contribution in [3.8, 4) is 11.5 Å². The Balaban J connectivity index is 0.00000256. The van der Waals surface area contributed by atoms with Crippen LogP contribution in [0.15, 0.2) is 36.4 Å². The molecule has 5 atom stereocenters. The third-order valence-corrected chi connectivity index (χ3v) is 5.10. The minimum Gasteiger partial charge on any atom is -0.507 e. The summed E-state index contributed by atoms with van der Waals surface area (Å²) in [4.78, 5) is 25.8. The second-order valence-electron chi connectivity index (χ2n) is 6.85. The number of carbonyl (C=O) groups excluding carboxylic acids is 2. The molecule has 30 heavy (non-hydrogen) atoms. The molecule has 2 aromatic rings. The molecule has 0 bridgehead atoms. The normalized spacial score (nSPS) is 27.7. The summed E-state index contributed by atoms with van der Waals surface area (Å²) in [6.45, 7) is -0.642. The Labute approximate surface area is 213 Å². The molecule has 1 saturated heterocycles. The Kier molecular flexibility index (Phi) is 7.14. The van der Waals surface area contributed by atoms with Crippen LogP contribution in [0.3, 0.4) is 0 Å². The summed E-state index contributed by atoms with van der Waals surface area (Å²) >= 11 is 0. The second-order valence-corrected chi connectivity index (χ2v) is 6.85. The SMILES string of the molecule is O=C1c2cccc(O)c2C(=O)c2c(OC3OC(CO)C(O)C(O)C3O)cccc21.[K+]. The molecule has 1 heterocycles. The van der Waals surface area contributed by atoms with E-state index in [-0.39, 0.29) is 85.1 Å². The van der Waals surface area contributed by atoms with Crippen molar-refractivity contribution in [3.05, 3.63) is 58.7 Å². The number of benzene rings is 2. The van der Waals surface area contributed by atoms with E-state index >= 15 is 0 Å². The molecule has 152 valence electrons. The van der Waals surface area contributed by atoms with Gasteiger partial charge in [-0.15, -0.1) is 0 Å². The molecule has 0 saturated carbocycles. The quantitative estimate of drug-likeness (QED) is 0.259. The standard InChI is InChI=1S/C20H18O9.K/c21-7-12-16(24)18(26)19(27)20(29-12)28-11-6-2-4-9-14(11)17(25)13-8(15(9)23)3-1-5-10(13)22;/h1-6,12,16,18-22,24,26-27H,7H2;/q;+1. The Bertz CT molecular complexity index is 990. The number of aliphatic hydroxyl groups is 4. The van der Waals surface area contributed by atoms with Crippen LogP contribution in [0, 0.1) is 0 Å². The molecule has 5 N–H and O–H groups in total. The molecular weight excluding hydrogens is 423 g/mol. The predicted octanol–water partition coefficient (Wildman–Crippen LogP) is -3.65. The molecule has 4 rings (SSSR count). The van der Waals surface area contributed by atoms with Gasteiger partial charge in [-0.05, 0) is 12.1 Å². The van der Waals surface area contributed by atoms with E-state index in [1.54, 1.807) is 0 Å². The van der Waals surface area contributed by atoms with Crippen molar-refractivity contribution in [2.24, 2.45) is 0 Å². The molecule has 5 unspecified atom stereocenters. The molecule has 0 radical (unpaired) electrons. The van der Waals surface area contributed by atoms with Crippen molar-refractivity contribution >= 4 is 11.6 Å². The van der Waals surface area contributed by atoms with Gasteiger partial charge in [0.1, 0.15) is 35.9 Å². The fourth-order valence-electron chi connectivity index (χ4n) is 3.58. The number of phenols is 1. The largest absolute Gasteiger partial charge is 1.00 e. The van der Waals surface area contributed by atoms with Gasteiger partial charge in [-0.1, -0.05) is 24.3 Å². The Morgan fingerprint density at radius 2 is 1.50 bits per heavy atom. The van der Waals surface area contributed by atoms with Crippen molar-refractivity contribution in [1.82, 2.24) is 0 Å². The minimum atomic E-state index is -1.68. The van der Waals surface area contributed by atoms with E-state index in [1.165, 1.54) is 36.4 Å². The summed E-state index contributed by atoms with van der Waals surface area (Å²) < 4.78 is 10.9. The maximum atomic E-state index is 13.0. The number of hydrogen-bond donors (Lipinski definition) is 5. The van der Waals surface area contributed by atoms with E-state index in [0.29, 0.717) is 0 Å². The first-order valence-electron chi connectivity index (χ1n) is 8.86. The van der Waals surface area contributed by atoms with Gasteiger partial charge >= 0.3 is 51.4 Å². The fraction of sp³-hybridized carbons (Fsp3) is 0.300. The average molecular weight is 441 g/mol. The van der Waals surface area contributed by atoms with Crippen molar-refractivity contribution in [3.63, 3.8) is 0 Å². The van der Waals surface area contributed by atoms with Gasteiger partial charge in [-0.2, -0.15) is 0 Å². The monoisotopic (exact) mass is 441 g/mol. The summed E-state index contributed by atoms with van der Waals surface area (Å²) in [5.41, 5.74) is -0.166. The number of carbonyl (C=O) groups is 2. The van der Waals surface area contributed by atoms with E-state index in [4.69, 9.17) is 9.47 Å². The van der Waals surface area contributed by atoms with Gasteiger partial charge in [0, 0.05) is 11.1 Å². The summed E-state index contributed by atoms with van der Waals surface area (Å²) in [5.74, 6) is -1.59. The first kappa shape index (κ1) is 23.5. The number of aromatic hydroxyl groups is 1. The number of ketones is 2. The maximum absolute atomic E-state index is 13.0. The molecule has 2 aromatic carbocycles. The number of phenolic OH excluding ortho intramolecular Hbond substituents is 1. The molecule has 1 aliphatic heterocycles. The van der Waals surface area contributed by atoms with Gasteiger partial charge in [0.15, 0.2) is 5.78 Å². The van der Waals surface area contributed by atoms with Crippen LogP contribution in [0.25, 0.3) is 0 Å². The van der Waals surface area contributed by atoms with Crippen molar-refractivity contribution < 1.29 is 96.0 Å². The Hall–Kier alpha value is -1.18. The van der Waals surface area contributed by atoms with E-state index < -0.39 is 48.9 Å². The summed E-state index contributed by atoms with van der Waals surface area (Å²) in [6.07, 6.45) is -7.62. The zero-order chi connectivity index (χ0) is 20.9. The summed E-state index contributed by atoms with van der Waals surface area (Å²) in [7, 11) is 0.